The molecule has 1 amide bonds. The van der Waals surface area contributed by atoms with E-state index in [9.17, 15) is 26.4 Å². The van der Waals surface area contributed by atoms with Gasteiger partial charge in [0.05, 0.1) is 39.5 Å². The van der Waals surface area contributed by atoms with Crippen LogP contribution < -0.4 is 5.32 Å². The fourth-order valence-corrected chi connectivity index (χ4v) is 8.83. The number of hydrogen-bond donors (Lipinski definition) is 1. The third kappa shape index (κ3) is 6.86. The summed E-state index contributed by atoms with van der Waals surface area (Å²) in [5.41, 5.74) is 4.30. The molecule has 0 saturated heterocycles. The van der Waals surface area contributed by atoms with E-state index in [2.05, 4.69) is 25.6 Å². The van der Waals surface area contributed by atoms with Gasteiger partial charge >= 0.3 is 6.18 Å². The third-order valence-corrected chi connectivity index (χ3v) is 11.8. The molecular formula is C37H40F3N7O3S. The van der Waals surface area contributed by atoms with Gasteiger partial charge in [0, 0.05) is 25.6 Å². The van der Waals surface area contributed by atoms with Crippen molar-refractivity contribution in [2.75, 3.05) is 11.9 Å². The molecule has 51 heavy (non-hydrogen) atoms. The number of benzene rings is 3. The van der Waals surface area contributed by atoms with E-state index >= 15 is 0 Å². The van der Waals surface area contributed by atoms with E-state index in [1.807, 2.05) is 76.6 Å². The Labute approximate surface area is 295 Å². The highest BCUT2D eigenvalue weighted by molar-refractivity contribution is 7.89. The second-order valence-electron chi connectivity index (χ2n) is 13.9. The van der Waals surface area contributed by atoms with E-state index in [0.29, 0.717) is 17.8 Å². The first-order chi connectivity index (χ1) is 24.0. The lowest BCUT2D eigenvalue weighted by atomic mass is 9.69. The number of fused-ring (bicyclic) bond motifs is 2. The molecule has 0 bridgehead atoms. The van der Waals surface area contributed by atoms with E-state index in [1.165, 1.54) is 23.0 Å². The summed E-state index contributed by atoms with van der Waals surface area (Å²) in [5.74, 6) is -1.05. The average Bonchev–Trinajstić information content (AvgIpc) is 3.47. The maximum Gasteiger partial charge on any atom is 0.416 e. The summed E-state index contributed by atoms with van der Waals surface area (Å²) in [4.78, 5) is 22.1. The smallest absolute Gasteiger partial charge is 0.323 e. The van der Waals surface area contributed by atoms with Gasteiger partial charge in [0.2, 0.25) is 15.9 Å². The van der Waals surface area contributed by atoms with Gasteiger partial charge in [0.15, 0.2) is 0 Å². The lowest BCUT2D eigenvalue weighted by Crippen LogP contribution is -2.37. The largest absolute Gasteiger partial charge is 0.416 e. The molecule has 5 aromatic rings. The van der Waals surface area contributed by atoms with Gasteiger partial charge in [-0.1, -0.05) is 50.3 Å². The predicted molar refractivity (Wildman–Crippen MR) is 187 cm³/mol. The van der Waals surface area contributed by atoms with Gasteiger partial charge in [-0.3, -0.25) is 4.79 Å². The topological polar surface area (TPSA) is 123 Å². The van der Waals surface area contributed by atoms with Gasteiger partial charge < -0.3 is 5.32 Å². The first-order valence-corrected chi connectivity index (χ1v) is 18.1. The number of aryl methyl sites for hydroxylation is 3. The highest BCUT2D eigenvalue weighted by atomic mass is 32.2. The molecule has 10 nitrogen and oxygen atoms in total. The number of hydrogen-bond acceptors (Lipinski definition) is 7. The summed E-state index contributed by atoms with van der Waals surface area (Å²) in [6.07, 6.45) is 0.0203. The standard InChI is InChI=1S/C37H40F3N7O3S/c1-7-47-31-12-11-30(24(4)34(31)44-45-47)33(36(5,6)35(48)43-29-17-41-21-42-18-29)25-9-8-23(3)27(15-25)20-46-19-22(2)14-26-16-28(37(38,39)40)10-13-32(26)51(46,49)50/h8-13,15-18,21-22,33H,7,14,19-20H2,1-6H3,(H,43,48)/t22-,33?/m0/s1. The Bertz CT molecular complexity index is 2220. The van der Waals surface area contributed by atoms with Gasteiger partial charge in [-0.25, -0.2) is 23.1 Å². The Kier molecular flexibility index (Phi) is 9.53. The molecule has 1 N–H and O–H groups in total. The monoisotopic (exact) mass is 719 g/mol. The molecule has 0 radical (unpaired) electrons. The van der Waals surface area contributed by atoms with Crippen molar-refractivity contribution in [3.8, 4) is 0 Å². The number of sulfonamides is 1. The summed E-state index contributed by atoms with van der Waals surface area (Å²) in [7, 11) is -4.15. The fraction of sp³-hybridized carbons (Fsp3) is 0.378. The SMILES string of the molecule is CCn1nnc2c(C)c(C(c3ccc(C)c(CN4C[C@@H](C)Cc5cc(C(F)(F)F)ccc5S4(=O)=O)c3)C(C)(C)C(=O)Nc3cncnc3)ccc21. The van der Waals surface area contributed by atoms with Crippen LogP contribution in [0.3, 0.4) is 0 Å². The van der Waals surface area contributed by atoms with Gasteiger partial charge in [0.25, 0.3) is 0 Å². The Morgan fingerprint density at radius 1 is 1.04 bits per heavy atom. The first kappa shape index (κ1) is 36.1. The maximum atomic E-state index is 14.1. The van der Waals surface area contributed by atoms with Crippen LogP contribution in [-0.4, -0.2) is 50.1 Å². The fourth-order valence-electron chi connectivity index (χ4n) is 7.07. The molecule has 0 fully saturated rings. The van der Waals surface area contributed by atoms with Crippen LogP contribution in [0, 0.1) is 25.2 Å². The number of carbonyl (C=O) groups excluding carboxylic acids is 1. The number of amides is 1. The van der Waals surface area contributed by atoms with E-state index in [4.69, 9.17) is 0 Å². The number of anilines is 1. The lowest BCUT2D eigenvalue weighted by Gasteiger charge is -2.35. The van der Waals surface area contributed by atoms with Crippen LogP contribution in [-0.2, 0) is 40.5 Å². The number of carbonyl (C=O) groups is 1. The number of nitrogens with one attached hydrogen (secondary N) is 1. The Balaban J connectivity index is 1.44. The van der Waals surface area contributed by atoms with Gasteiger partial charge in [0.1, 0.15) is 11.8 Å². The minimum absolute atomic E-state index is 0.00362. The molecule has 0 aliphatic carbocycles. The van der Waals surface area contributed by atoms with Crippen LogP contribution in [0.15, 0.2) is 72.1 Å². The van der Waals surface area contributed by atoms with Crippen molar-refractivity contribution in [2.24, 2.45) is 11.3 Å². The van der Waals surface area contributed by atoms with Crippen LogP contribution in [0.25, 0.3) is 11.0 Å². The average molecular weight is 720 g/mol. The summed E-state index contributed by atoms with van der Waals surface area (Å²) < 4.78 is 71.9. The van der Waals surface area contributed by atoms with Crippen molar-refractivity contribution in [2.45, 2.75) is 78.0 Å². The summed E-state index contributed by atoms with van der Waals surface area (Å²) in [6.45, 7) is 12.1. The quantitative estimate of drug-likeness (QED) is 0.182. The highest BCUT2D eigenvalue weighted by Gasteiger charge is 2.41. The number of aromatic nitrogens is 5. The van der Waals surface area contributed by atoms with Gasteiger partial charge in [-0.2, -0.15) is 17.5 Å². The molecule has 3 heterocycles. The molecule has 1 aliphatic rings. The second-order valence-corrected chi connectivity index (χ2v) is 15.8. The number of rotatable bonds is 8. The lowest BCUT2D eigenvalue weighted by molar-refractivity contribution is -0.137. The van der Waals surface area contributed by atoms with Gasteiger partial charge in [-0.05, 0) is 90.8 Å². The molecule has 1 aliphatic heterocycles. The van der Waals surface area contributed by atoms with Crippen LogP contribution in [0.1, 0.15) is 72.6 Å². The zero-order chi connectivity index (χ0) is 36.9. The van der Waals surface area contributed by atoms with Crippen LogP contribution in [0.2, 0.25) is 0 Å². The van der Waals surface area contributed by atoms with Crippen molar-refractivity contribution >= 4 is 32.7 Å². The van der Waals surface area contributed by atoms with Crippen LogP contribution in [0.5, 0.6) is 0 Å². The minimum Gasteiger partial charge on any atom is -0.323 e. The van der Waals surface area contributed by atoms with E-state index in [1.54, 1.807) is 0 Å². The summed E-state index contributed by atoms with van der Waals surface area (Å²) in [5, 5.41) is 11.7. The Morgan fingerprint density at radius 2 is 1.76 bits per heavy atom. The van der Waals surface area contributed by atoms with E-state index < -0.39 is 33.1 Å². The molecule has 1 unspecified atom stereocenters. The maximum absolute atomic E-state index is 14.1. The molecule has 14 heteroatoms. The molecule has 0 saturated carbocycles. The van der Waals surface area contributed by atoms with E-state index in [0.717, 1.165) is 51.5 Å². The molecule has 268 valence electrons. The third-order valence-electron chi connectivity index (χ3n) is 9.86. The molecule has 0 spiro atoms. The molecule has 2 atom stereocenters. The molecule has 6 rings (SSSR count). The van der Waals surface area contributed by atoms with Crippen molar-refractivity contribution < 1.29 is 26.4 Å². The number of nitrogens with zero attached hydrogens (tertiary/aromatic N) is 6. The number of halogens is 3. The molecule has 2 aromatic heterocycles. The summed E-state index contributed by atoms with van der Waals surface area (Å²) in [6, 6.07) is 12.6. The van der Waals surface area contributed by atoms with Crippen molar-refractivity contribution in [1.82, 2.24) is 29.3 Å². The Hall–Kier alpha value is -4.69. The van der Waals surface area contributed by atoms with Gasteiger partial charge in [-0.15, -0.1) is 5.10 Å². The zero-order valence-corrected chi connectivity index (χ0v) is 30.1. The first-order valence-electron chi connectivity index (χ1n) is 16.7. The summed E-state index contributed by atoms with van der Waals surface area (Å²) >= 11 is 0. The van der Waals surface area contributed by atoms with Crippen molar-refractivity contribution in [1.29, 1.82) is 0 Å². The molecule has 3 aromatic carbocycles. The minimum atomic E-state index is -4.59. The number of alkyl halides is 3. The van der Waals surface area contributed by atoms with Crippen molar-refractivity contribution in [3.63, 3.8) is 0 Å². The van der Waals surface area contributed by atoms with Crippen molar-refractivity contribution in [3.05, 3.63) is 106 Å². The van der Waals surface area contributed by atoms with E-state index in [-0.39, 0.29) is 41.8 Å². The second kappa shape index (κ2) is 13.5. The highest BCUT2D eigenvalue weighted by Crippen LogP contribution is 2.45. The van der Waals surface area contributed by atoms with Crippen LogP contribution >= 0.6 is 0 Å². The predicted octanol–water partition coefficient (Wildman–Crippen LogP) is 7.06. The van der Waals surface area contributed by atoms with Crippen LogP contribution in [0.4, 0.5) is 18.9 Å². The normalized spacial score (nSPS) is 17.2. The Morgan fingerprint density at radius 3 is 2.45 bits per heavy atom. The molecular weight excluding hydrogens is 680 g/mol. The zero-order valence-electron chi connectivity index (χ0n) is 29.3.